The van der Waals surface area contributed by atoms with Gasteiger partial charge in [-0.25, -0.2) is 4.98 Å². The number of benzene rings is 2. The fourth-order valence-electron chi connectivity index (χ4n) is 2.85. The number of aromatic amines is 1. The molecule has 0 fully saturated rings. The molecule has 1 aromatic heterocycles. The standard InChI is InChI=1S/C24H29N5O2/c1-24(2,25)23(30)26-20(17-31-16-19-12-7-4-8-13-19)22-27-21(28-29-22)15-9-14-18-10-5-3-6-11-18/h3-8,10-13,17H,9,14-16,25H2,1-2H3,(H,26,30)(H,27,28,29). The molecule has 0 aliphatic heterocycles. The minimum absolute atomic E-state index is 0.350. The molecule has 0 saturated heterocycles. The first kappa shape index (κ1) is 22.2. The maximum Gasteiger partial charge on any atom is 0.244 e. The van der Waals surface area contributed by atoms with Crippen molar-refractivity contribution in [1.29, 1.82) is 0 Å². The Labute approximate surface area is 182 Å². The Morgan fingerprint density at radius 3 is 2.35 bits per heavy atom. The highest BCUT2D eigenvalue weighted by Gasteiger charge is 2.24. The van der Waals surface area contributed by atoms with Crippen LogP contribution in [0.1, 0.15) is 43.0 Å². The molecule has 1 heterocycles. The van der Waals surface area contributed by atoms with Gasteiger partial charge in [-0.2, -0.15) is 5.10 Å². The van der Waals surface area contributed by atoms with Crippen molar-refractivity contribution in [2.24, 2.45) is 5.73 Å². The van der Waals surface area contributed by atoms with E-state index in [0.29, 0.717) is 18.1 Å². The van der Waals surface area contributed by atoms with Gasteiger partial charge in [0, 0.05) is 6.42 Å². The Balaban J connectivity index is 1.66. The van der Waals surface area contributed by atoms with Crippen LogP contribution in [0.25, 0.3) is 5.70 Å². The molecular formula is C24H29N5O2. The van der Waals surface area contributed by atoms with Crippen molar-refractivity contribution in [3.8, 4) is 0 Å². The van der Waals surface area contributed by atoms with E-state index in [0.717, 1.165) is 30.7 Å². The zero-order valence-electron chi connectivity index (χ0n) is 18.0. The average molecular weight is 420 g/mol. The summed E-state index contributed by atoms with van der Waals surface area (Å²) in [7, 11) is 0. The molecule has 31 heavy (non-hydrogen) atoms. The Hall–Kier alpha value is -3.45. The Morgan fingerprint density at radius 1 is 1.06 bits per heavy atom. The molecule has 4 N–H and O–H groups in total. The number of carbonyl (C=O) groups is 1. The van der Waals surface area contributed by atoms with Crippen molar-refractivity contribution in [2.75, 3.05) is 0 Å². The van der Waals surface area contributed by atoms with Gasteiger partial charge in [-0.05, 0) is 37.8 Å². The number of carbonyl (C=O) groups excluding carboxylic acids is 1. The van der Waals surface area contributed by atoms with Gasteiger partial charge in [0.05, 0.1) is 5.54 Å². The lowest BCUT2D eigenvalue weighted by molar-refractivity contribution is -0.124. The third-order valence-electron chi connectivity index (χ3n) is 4.62. The van der Waals surface area contributed by atoms with Crippen LogP contribution in [0.3, 0.4) is 0 Å². The second kappa shape index (κ2) is 10.5. The van der Waals surface area contributed by atoms with Gasteiger partial charge in [0.15, 0.2) is 0 Å². The zero-order valence-corrected chi connectivity index (χ0v) is 18.0. The molecule has 2 aromatic carbocycles. The predicted molar refractivity (Wildman–Crippen MR) is 120 cm³/mol. The van der Waals surface area contributed by atoms with E-state index in [9.17, 15) is 4.79 Å². The summed E-state index contributed by atoms with van der Waals surface area (Å²) >= 11 is 0. The van der Waals surface area contributed by atoms with Crippen molar-refractivity contribution >= 4 is 11.6 Å². The first-order chi connectivity index (χ1) is 14.9. The number of aromatic nitrogens is 3. The number of rotatable bonds is 10. The highest BCUT2D eigenvalue weighted by molar-refractivity contribution is 5.91. The largest absolute Gasteiger partial charge is 0.494 e. The molecule has 3 rings (SSSR count). The molecule has 0 unspecified atom stereocenters. The first-order valence-electron chi connectivity index (χ1n) is 10.3. The predicted octanol–water partition coefficient (Wildman–Crippen LogP) is 3.35. The highest BCUT2D eigenvalue weighted by atomic mass is 16.5. The van der Waals surface area contributed by atoms with Crippen molar-refractivity contribution in [2.45, 2.75) is 45.3 Å². The van der Waals surface area contributed by atoms with Crippen LogP contribution in [0.5, 0.6) is 0 Å². The summed E-state index contributed by atoms with van der Waals surface area (Å²) in [5.41, 5.74) is 7.54. The summed E-state index contributed by atoms with van der Waals surface area (Å²) in [6.07, 6.45) is 4.10. The molecule has 0 radical (unpaired) electrons. The average Bonchev–Trinajstić information content (AvgIpc) is 3.22. The smallest absolute Gasteiger partial charge is 0.244 e. The van der Waals surface area contributed by atoms with Crippen LogP contribution in [0.15, 0.2) is 66.9 Å². The molecule has 0 aliphatic carbocycles. The molecule has 162 valence electrons. The van der Waals surface area contributed by atoms with Gasteiger partial charge in [0.2, 0.25) is 11.7 Å². The maximum absolute atomic E-state index is 12.4. The van der Waals surface area contributed by atoms with Crippen LogP contribution < -0.4 is 11.1 Å². The number of nitrogens with zero attached hydrogens (tertiary/aromatic N) is 2. The van der Waals surface area contributed by atoms with E-state index in [1.807, 2.05) is 48.5 Å². The quantitative estimate of drug-likeness (QED) is 0.437. The molecule has 1 amide bonds. The Bertz CT molecular complexity index is 992. The molecule has 0 spiro atoms. The van der Waals surface area contributed by atoms with Gasteiger partial charge in [-0.15, -0.1) is 0 Å². The van der Waals surface area contributed by atoms with Gasteiger partial charge in [-0.1, -0.05) is 60.7 Å². The van der Waals surface area contributed by atoms with E-state index in [4.69, 9.17) is 10.5 Å². The van der Waals surface area contributed by atoms with E-state index in [-0.39, 0.29) is 5.91 Å². The van der Waals surface area contributed by atoms with E-state index in [2.05, 4.69) is 32.6 Å². The first-order valence-corrected chi connectivity index (χ1v) is 10.3. The molecule has 0 atom stereocenters. The number of hydrogen-bond donors (Lipinski definition) is 3. The number of H-pyrrole nitrogens is 1. The lowest BCUT2D eigenvalue weighted by Gasteiger charge is -2.18. The Kier molecular flexibility index (Phi) is 7.56. The third kappa shape index (κ3) is 7.08. The number of ether oxygens (including phenoxy) is 1. The molecule has 7 nitrogen and oxygen atoms in total. The van der Waals surface area contributed by atoms with Crippen molar-refractivity contribution in [1.82, 2.24) is 20.5 Å². The van der Waals surface area contributed by atoms with E-state index in [1.165, 1.54) is 11.8 Å². The van der Waals surface area contributed by atoms with Crippen molar-refractivity contribution in [3.63, 3.8) is 0 Å². The minimum atomic E-state index is -1.05. The van der Waals surface area contributed by atoms with Crippen LogP contribution in [0, 0.1) is 0 Å². The number of amides is 1. The lowest BCUT2D eigenvalue weighted by Crippen LogP contribution is -2.48. The summed E-state index contributed by atoms with van der Waals surface area (Å²) in [6.45, 7) is 3.64. The summed E-state index contributed by atoms with van der Waals surface area (Å²) in [5, 5.41) is 10.00. The normalized spacial score (nSPS) is 11.9. The lowest BCUT2D eigenvalue weighted by atomic mass is 10.1. The van der Waals surface area contributed by atoms with Gasteiger partial charge in [0.1, 0.15) is 24.4 Å². The molecule has 0 bridgehead atoms. The zero-order chi connectivity index (χ0) is 22.1. The van der Waals surface area contributed by atoms with Gasteiger partial charge < -0.3 is 15.8 Å². The van der Waals surface area contributed by atoms with Crippen LogP contribution in [0.2, 0.25) is 0 Å². The maximum atomic E-state index is 12.4. The van der Waals surface area contributed by atoms with E-state index < -0.39 is 5.54 Å². The summed E-state index contributed by atoms with van der Waals surface area (Å²) in [5.74, 6) is 0.763. The highest BCUT2D eigenvalue weighted by Crippen LogP contribution is 2.12. The second-order valence-electron chi connectivity index (χ2n) is 7.95. The van der Waals surface area contributed by atoms with Gasteiger partial charge >= 0.3 is 0 Å². The molecule has 7 heteroatoms. The third-order valence-corrected chi connectivity index (χ3v) is 4.62. The number of nitrogens with one attached hydrogen (secondary N) is 2. The fraction of sp³-hybridized carbons (Fsp3) is 0.292. The monoisotopic (exact) mass is 419 g/mol. The summed E-state index contributed by atoms with van der Waals surface area (Å²) in [4.78, 5) is 17.0. The van der Waals surface area contributed by atoms with E-state index in [1.54, 1.807) is 13.8 Å². The van der Waals surface area contributed by atoms with Crippen LogP contribution in [-0.2, 0) is 29.0 Å². The summed E-state index contributed by atoms with van der Waals surface area (Å²) < 4.78 is 5.69. The Morgan fingerprint density at radius 2 is 1.71 bits per heavy atom. The minimum Gasteiger partial charge on any atom is -0.494 e. The molecule has 0 aliphatic rings. The van der Waals surface area contributed by atoms with Crippen LogP contribution in [0.4, 0.5) is 0 Å². The fourth-order valence-corrected chi connectivity index (χ4v) is 2.85. The van der Waals surface area contributed by atoms with Crippen LogP contribution >= 0.6 is 0 Å². The second-order valence-corrected chi connectivity index (χ2v) is 7.95. The molecular weight excluding hydrogens is 390 g/mol. The van der Waals surface area contributed by atoms with Gasteiger partial charge in [-0.3, -0.25) is 9.89 Å². The number of hydrogen-bond acceptors (Lipinski definition) is 5. The topological polar surface area (TPSA) is 106 Å². The van der Waals surface area contributed by atoms with Crippen molar-refractivity contribution in [3.05, 3.63) is 89.7 Å². The molecule has 0 saturated carbocycles. The van der Waals surface area contributed by atoms with Crippen molar-refractivity contribution < 1.29 is 9.53 Å². The number of aryl methyl sites for hydroxylation is 2. The summed E-state index contributed by atoms with van der Waals surface area (Å²) in [6, 6.07) is 20.1. The number of nitrogens with two attached hydrogens (primary N) is 1. The van der Waals surface area contributed by atoms with E-state index >= 15 is 0 Å². The van der Waals surface area contributed by atoms with Crippen LogP contribution in [-0.4, -0.2) is 26.6 Å². The van der Waals surface area contributed by atoms with Gasteiger partial charge in [0.25, 0.3) is 0 Å². The molecule has 3 aromatic rings. The SMILES string of the molecule is CC(C)(N)C(=O)NC(=COCc1ccccc1)c1n[nH]c(CCCc2ccccc2)n1.